The van der Waals surface area contributed by atoms with Crippen molar-refractivity contribution in [3.8, 4) is 6.07 Å². The summed E-state index contributed by atoms with van der Waals surface area (Å²) in [6.45, 7) is 2.80. The molecule has 2 unspecified atom stereocenters. The Morgan fingerprint density at radius 1 is 1.19 bits per heavy atom. The van der Waals surface area contributed by atoms with Crippen molar-refractivity contribution >= 4 is 0 Å². The van der Waals surface area contributed by atoms with Crippen LogP contribution in [0.15, 0.2) is 18.2 Å². The van der Waals surface area contributed by atoms with Crippen LogP contribution in [0.1, 0.15) is 24.3 Å². The number of benzene rings is 1. The maximum Gasteiger partial charge on any atom is 0.129 e. The van der Waals surface area contributed by atoms with E-state index in [1.807, 2.05) is 0 Å². The van der Waals surface area contributed by atoms with Gasteiger partial charge in [0.1, 0.15) is 11.6 Å². The second-order valence-corrected chi connectivity index (χ2v) is 5.81. The Kier molecular flexibility index (Phi) is 4.18. The Balaban J connectivity index is 1.80. The van der Waals surface area contributed by atoms with E-state index in [4.69, 9.17) is 4.74 Å². The Bertz CT molecular complexity index is 552. The SMILES string of the molecule is N#CC1CN(C2CCOCC2)CC1c1ccc(F)cc1F. The normalized spacial score (nSPS) is 27.7. The lowest BCUT2D eigenvalue weighted by Crippen LogP contribution is -2.38. The predicted octanol–water partition coefficient (Wildman–Crippen LogP) is 2.68. The molecule has 0 N–H and O–H groups in total. The lowest BCUT2D eigenvalue weighted by Gasteiger charge is -2.31. The number of hydrogen-bond donors (Lipinski definition) is 0. The number of halogens is 2. The molecule has 2 aliphatic heterocycles. The van der Waals surface area contributed by atoms with Gasteiger partial charge in [0.15, 0.2) is 0 Å². The quantitative estimate of drug-likeness (QED) is 0.841. The summed E-state index contributed by atoms with van der Waals surface area (Å²) < 4.78 is 32.4. The highest BCUT2D eigenvalue weighted by Crippen LogP contribution is 2.36. The van der Waals surface area contributed by atoms with Crippen LogP contribution in [-0.4, -0.2) is 37.2 Å². The van der Waals surface area contributed by atoms with Gasteiger partial charge in [-0.25, -0.2) is 8.78 Å². The molecule has 3 rings (SSSR count). The van der Waals surface area contributed by atoms with Gasteiger partial charge < -0.3 is 4.74 Å². The van der Waals surface area contributed by atoms with Crippen LogP contribution in [0.25, 0.3) is 0 Å². The fraction of sp³-hybridized carbons (Fsp3) is 0.562. The molecule has 0 spiro atoms. The van der Waals surface area contributed by atoms with E-state index in [0.29, 0.717) is 24.7 Å². The fourth-order valence-corrected chi connectivity index (χ4v) is 3.43. The Labute approximate surface area is 123 Å². The molecule has 21 heavy (non-hydrogen) atoms. The summed E-state index contributed by atoms with van der Waals surface area (Å²) in [5.74, 6) is -1.55. The van der Waals surface area contributed by atoms with Crippen molar-refractivity contribution in [3.05, 3.63) is 35.4 Å². The minimum absolute atomic E-state index is 0.182. The third kappa shape index (κ3) is 2.92. The van der Waals surface area contributed by atoms with Crippen molar-refractivity contribution in [2.75, 3.05) is 26.3 Å². The summed E-state index contributed by atoms with van der Waals surface area (Å²) in [4.78, 5) is 2.27. The third-order valence-electron chi connectivity index (χ3n) is 4.58. The highest BCUT2D eigenvalue weighted by molar-refractivity contribution is 5.27. The first-order chi connectivity index (χ1) is 10.2. The van der Waals surface area contributed by atoms with Gasteiger partial charge in [0.05, 0.1) is 12.0 Å². The van der Waals surface area contributed by atoms with Gasteiger partial charge in [0.25, 0.3) is 0 Å². The molecule has 2 saturated heterocycles. The van der Waals surface area contributed by atoms with Crippen LogP contribution in [-0.2, 0) is 4.74 Å². The van der Waals surface area contributed by atoms with E-state index >= 15 is 0 Å². The molecule has 2 aliphatic rings. The van der Waals surface area contributed by atoms with Gasteiger partial charge in [0.2, 0.25) is 0 Å². The van der Waals surface area contributed by atoms with Crippen molar-refractivity contribution < 1.29 is 13.5 Å². The van der Waals surface area contributed by atoms with E-state index in [1.54, 1.807) is 0 Å². The summed E-state index contributed by atoms with van der Waals surface area (Å²) in [5, 5.41) is 9.36. The number of ether oxygens (including phenoxy) is 1. The van der Waals surface area contributed by atoms with E-state index in [2.05, 4.69) is 11.0 Å². The highest BCUT2D eigenvalue weighted by atomic mass is 19.1. The molecule has 1 aromatic rings. The molecular formula is C16H18F2N2O. The maximum atomic E-state index is 14.0. The highest BCUT2D eigenvalue weighted by Gasteiger charge is 2.38. The molecule has 0 radical (unpaired) electrons. The number of rotatable bonds is 2. The van der Waals surface area contributed by atoms with Crippen molar-refractivity contribution in [3.63, 3.8) is 0 Å². The first kappa shape index (κ1) is 14.4. The van der Waals surface area contributed by atoms with Gasteiger partial charge >= 0.3 is 0 Å². The van der Waals surface area contributed by atoms with Gasteiger partial charge in [-0.2, -0.15) is 5.26 Å². The van der Waals surface area contributed by atoms with E-state index in [9.17, 15) is 14.0 Å². The molecule has 0 aliphatic carbocycles. The molecular weight excluding hydrogens is 274 g/mol. The molecule has 0 bridgehead atoms. The lowest BCUT2D eigenvalue weighted by atomic mass is 9.89. The summed E-state index contributed by atoms with van der Waals surface area (Å²) in [6.07, 6.45) is 1.91. The average molecular weight is 292 g/mol. The van der Waals surface area contributed by atoms with Crippen LogP contribution in [0.3, 0.4) is 0 Å². The Morgan fingerprint density at radius 3 is 2.62 bits per heavy atom. The van der Waals surface area contributed by atoms with Crippen molar-refractivity contribution in [2.24, 2.45) is 5.92 Å². The molecule has 2 heterocycles. The molecule has 112 valence electrons. The third-order valence-corrected chi connectivity index (χ3v) is 4.58. The molecule has 2 atom stereocenters. The molecule has 1 aromatic carbocycles. The maximum absolute atomic E-state index is 14.0. The second kappa shape index (κ2) is 6.08. The zero-order valence-electron chi connectivity index (χ0n) is 11.8. The van der Waals surface area contributed by atoms with E-state index < -0.39 is 11.6 Å². The first-order valence-corrected chi connectivity index (χ1v) is 7.35. The standard InChI is InChI=1S/C16H18F2N2O/c17-12-1-2-14(16(18)7-12)15-10-20(9-11(15)8-19)13-3-5-21-6-4-13/h1-2,7,11,13,15H,3-6,9-10H2. The summed E-state index contributed by atoms with van der Waals surface area (Å²) in [6, 6.07) is 6.35. The Hall–Kier alpha value is -1.51. The van der Waals surface area contributed by atoms with Crippen LogP contribution in [0.2, 0.25) is 0 Å². The summed E-state index contributed by atoms with van der Waals surface area (Å²) >= 11 is 0. The molecule has 0 aromatic heterocycles. The topological polar surface area (TPSA) is 36.3 Å². The van der Waals surface area contributed by atoms with Crippen LogP contribution >= 0.6 is 0 Å². The number of hydrogen-bond acceptors (Lipinski definition) is 3. The second-order valence-electron chi connectivity index (χ2n) is 5.81. The molecule has 0 amide bonds. The smallest absolute Gasteiger partial charge is 0.129 e. The van der Waals surface area contributed by atoms with Gasteiger partial charge in [-0.1, -0.05) is 6.07 Å². The van der Waals surface area contributed by atoms with E-state index in [1.165, 1.54) is 12.1 Å². The average Bonchev–Trinajstić information content (AvgIpc) is 2.92. The summed E-state index contributed by atoms with van der Waals surface area (Å²) in [7, 11) is 0. The largest absolute Gasteiger partial charge is 0.381 e. The summed E-state index contributed by atoms with van der Waals surface area (Å²) in [5.41, 5.74) is 0.456. The van der Waals surface area contributed by atoms with Crippen LogP contribution in [0.4, 0.5) is 8.78 Å². The predicted molar refractivity (Wildman–Crippen MR) is 73.6 cm³/mol. The first-order valence-electron chi connectivity index (χ1n) is 7.35. The number of nitrogens with zero attached hydrogens (tertiary/aromatic N) is 2. The molecule has 3 nitrogen and oxygen atoms in total. The van der Waals surface area contributed by atoms with Crippen LogP contribution in [0, 0.1) is 28.9 Å². The zero-order valence-corrected chi connectivity index (χ0v) is 11.8. The van der Waals surface area contributed by atoms with Gasteiger partial charge in [-0.05, 0) is 24.5 Å². The molecule has 5 heteroatoms. The molecule has 2 fully saturated rings. The fourth-order valence-electron chi connectivity index (χ4n) is 3.43. The zero-order chi connectivity index (χ0) is 14.8. The lowest BCUT2D eigenvalue weighted by molar-refractivity contribution is 0.0413. The van der Waals surface area contributed by atoms with Crippen molar-refractivity contribution in [1.82, 2.24) is 4.90 Å². The van der Waals surface area contributed by atoms with Crippen molar-refractivity contribution in [2.45, 2.75) is 24.8 Å². The number of likely N-dealkylation sites (tertiary alicyclic amines) is 1. The van der Waals surface area contributed by atoms with Crippen molar-refractivity contribution in [1.29, 1.82) is 5.26 Å². The number of nitriles is 1. The van der Waals surface area contributed by atoms with E-state index in [0.717, 1.165) is 32.1 Å². The molecule has 0 saturated carbocycles. The van der Waals surface area contributed by atoms with Crippen LogP contribution < -0.4 is 0 Å². The monoisotopic (exact) mass is 292 g/mol. The van der Waals surface area contributed by atoms with E-state index in [-0.39, 0.29) is 11.8 Å². The minimum atomic E-state index is -0.580. The minimum Gasteiger partial charge on any atom is -0.381 e. The van der Waals surface area contributed by atoms with Gasteiger partial charge in [-0.3, -0.25) is 4.90 Å². The van der Waals surface area contributed by atoms with Gasteiger partial charge in [0, 0.05) is 44.3 Å². The Morgan fingerprint density at radius 2 is 1.95 bits per heavy atom. The van der Waals surface area contributed by atoms with Gasteiger partial charge in [-0.15, -0.1) is 0 Å². The van der Waals surface area contributed by atoms with Crippen LogP contribution in [0.5, 0.6) is 0 Å².